The van der Waals surface area contributed by atoms with E-state index in [0.717, 1.165) is 10.8 Å². The van der Waals surface area contributed by atoms with Crippen LogP contribution in [0.15, 0.2) is 47.4 Å². The monoisotopic (exact) mass is 293 g/mol. The molecule has 1 N–H and O–H groups in total. The van der Waals surface area contributed by atoms with Gasteiger partial charge in [0.2, 0.25) is 10.0 Å². The summed E-state index contributed by atoms with van der Waals surface area (Å²) in [6, 6.07) is 12.8. The molecule has 0 aliphatic carbocycles. The van der Waals surface area contributed by atoms with E-state index in [1.165, 1.54) is 4.31 Å². The number of sulfonamides is 1. The number of nitrogens with zero attached hydrogens (tertiary/aromatic N) is 1. The lowest BCUT2D eigenvalue weighted by Gasteiger charge is -2.20. The van der Waals surface area contributed by atoms with Gasteiger partial charge in [-0.05, 0) is 29.3 Å². The van der Waals surface area contributed by atoms with Crippen molar-refractivity contribution in [2.24, 2.45) is 0 Å². The van der Waals surface area contributed by atoms with Gasteiger partial charge in [0.25, 0.3) is 0 Å². The van der Waals surface area contributed by atoms with Crippen LogP contribution in [0.5, 0.6) is 0 Å². The third kappa shape index (κ3) is 3.00. The van der Waals surface area contributed by atoms with Crippen LogP contribution in [-0.4, -0.2) is 37.5 Å². The van der Waals surface area contributed by atoms with Gasteiger partial charge in [-0.25, -0.2) is 8.42 Å². The zero-order valence-corrected chi connectivity index (χ0v) is 12.3. The number of hydrogen-bond acceptors (Lipinski definition) is 3. The number of aliphatic hydroxyl groups is 1. The maximum atomic E-state index is 12.6. The lowest BCUT2D eigenvalue weighted by atomic mass is 10.1. The van der Waals surface area contributed by atoms with E-state index < -0.39 is 10.0 Å². The Bertz CT molecular complexity index is 676. The number of hydrogen-bond donors (Lipinski definition) is 1. The summed E-state index contributed by atoms with van der Waals surface area (Å²) < 4.78 is 26.5. The third-order valence-electron chi connectivity index (χ3n) is 3.18. The van der Waals surface area contributed by atoms with Crippen molar-refractivity contribution in [3.05, 3.63) is 42.5 Å². The molecule has 0 spiro atoms. The molecule has 4 nitrogen and oxygen atoms in total. The summed E-state index contributed by atoms with van der Waals surface area (Å²) in [5.74, 6) is 0. The molecular formula is C15H19NO3S. The van der Waals surface area contributed by atoms with E-state index in [0.29, 0.717) is 13.0 Å². The van der Waals surface area contributed by atoms with E-state index in [1.54, 1.807) is 12.1 Å². The highest BCUT2D eigenvalue weighted by Crippen LogP contribution is 2.21. The number of fused-ring (bicyclic) bond motifs is 1. The lowest BCUT2D eigenvalue weighted by Crippen LogP contribution is -2.34. The zero-order chi connectivity index (χ0) is 14.6. The van der Waals surface area contributed by atoms with Gasteiger partial charge < -0.3 is 5.11 Å². The van der Waals surface area contributed by atoms with Gasteiger partial charge in [0, 0.05) is 13.1 Å². The Hall–Kier alpha value is -1.43. The first-order valence-corrected chi connectivity index (χ1v) is 8.13. The Morgan fingerprint density at radius 1 is 1.05 bits per heavy atom. The lowest BCUT2D eigenvalue weighted by molar-refractivity contribution is 0.253. The molecule has 0 radical (unpaired) electrons. The second-order valence-corrected chi connectivity index (χ2v) is 6.57. The Balaban J connectivity index is 2.44. The predicted octanol–water partition coefficient (Wildman–Crippen LogP) is 2.23. The number of benzene rings is 2. The second-order valence-electron chi connectivity index (χ2n) is 4.64. The van der Waals surface area contributed by atoms with Crippen LogP contribution in [0, 0.1) is 0 Å². The second kappa shape index (κ2) is 6.35. The Labute approximate surface area is 119 Å². The highest BCUT2D eigenvalue weighted by atomic mass is 32.2. The van der Waals surface area contributed by atoms with Crippen molar-refractivity contribution in [3.8, 4) is 0 Å². The smallest absolute Gasteiger partial charge is 0.243 e. The van der Waals surface area contributed by atoms with Crippen molar-refractivity contribution >= 4 is 20.8 Å². The van der Waals surface area contributed by atoms with Crippen LogP contribution < -0.4 is 0 Å². The molecule has 0 amide bonds. The number of rotatable bonds is 6. The summed E-state index contributed by atoms with van der Waals surface area (Å²) in [5.41, 5.74) is 0. The molecule has 20 heavy (non-hydrogen) atoms. The molecular weight excluding hydrogens is 274 g/mol. The van der Waals surface area contributed by atoms with Gasteiger partial charge in [-0.3, -0.25) is 0 Å². The predicted molar refractivity (Wildman–Crippen MR) is 80.1 cm³/mol. The summed E-state index contributed by atoms with van der Waals surface area (Å²) in [6.45, 7) is 2.28. The average Bonchev–Trinajstić information content (AvgIpc) is 2.46. The average molecular weight is 293 g/mol. The van der Waals surface area contributed by atoms with Gasteiger partial charge in [-0.15, -0.1) is 0 Å². The summed E-state index contributed by atoms with van der Waals surface area (Å²) >= 11 is 0. The van der Waals surface area contributed by atoms with Crippen LogP contribution in [0.25, 0.3) is 10.8 Å². The first-order valence-electron chi connectivity index (χ1n) is 6.69. The molecule has 0 heterocycles. The molecule has 2 aromatic rings. The fourth-order valence-electron chi connectivity index (χ4n) is 2.19. The summed E-state index contributed by atoms with van der Waals surface area (Å²) in [4.78, 5) is 0.276. The number of aliphatic hydroxyl groups excluding tert-OH is 1. The van der Waals surface area contributed by atoms with Crippen LogP contribution >= 0.6 is 0 Å². The molecule has 0 saturated carbocycles. The SMILES string of the molecule is CCCN(CCO)S(=O)(=O)c1ccc2ccccc2c1. The molecule has 2 rings (SSSR count). The van der Waals surface area contributed by atoms with Crippen molar-refractivity contribution in [1.29, 1.82) is 0 Å². The van der Waals surface area contributed by atoms with Gasteiger partial charge in [0.05, 0.1) is 11.5 Å². The van der Waals surface area contributed by atoms with Gasteiger partial charge >= 0.3 is 0 Å². The highest BCUT2D eigenvalue weighted by molar-refractivity contribution is 7.89. The minimum atomic E-state index is -3.54. The van der Waals surface area contributed by atoms with E-state index in [2.05, 4.69) is 0 Å². The van der Waals surface area contributed by atoms with Crippen LogP contribution in [-0.2, 0) is 10.0 Å². The molecule has 0 aliphatic rings. The van der Waals surface area contributed by atoms with Crippen molar-refractivity contribution < 1.29 is 13.5 Å². The molecule has 0 fully saturated rings. The standard InChI is InChI=1S/C15H19NO3S/c1-2-9-16(10-11-17)20(18,19)15-8-7-13-5-3-4-6-14(13)12-15/h3-8,12,17H,2,9-11H2,1H3. The van der Waals surface area contributed by atoms with E-state index in [-0.39, 0.29) is 18.0 Å². The Morgan fingerprint density at radius 2 is 1.75 bits per heavy atom. The molecule has 108 valence electrons. The molecule has 0 aliphatic heterocycles. The summed E-state index contributed by atoms with van der Waals surface area (Å²) in [7, 11) is -3.54. The van der Waals surface area contributed by atoms with Gasteiger partial charge in [-0.2, -0.15) is 4.31 Å². The summed E-state index contributed by atoms with van der Waals surface area (Å²) in [6.07, 6.45) is 0.715. The topological polar surface area (TPSA) is 57.6 Å². The van der Waals surface area contributed by atoms with Crippen molar-refractivity contribution in [2.75, 3.05) is 19.7 Å². The first kappa shape index (κ1) is 15.0. The largest absolute Gasteiger partial charge is 0.395 e. The van der Waals surface area contributed by atoms with Gasteiger partial charge in [-0.1, -0.05) is 37.3 Å². The molecule has 5 heteroatoms. The van der Waals surface area contributed by atoms with Crippen molar-refractivity contribution in [3.63, 3.8) is 0 Å². The molecule has 0 bridgehead atoms. The third-order valence-corrected chi connectivity index (χ3v) is 5.08. The van der Waals surface area contributed by atoms with E-state index in [4.69, 9.17) is 5.11 Å². The van der Waals surface area contributed by atoms with E-state index >= 15 is 0 Å². The van der Waals surface area contributed by atoms with Gasteiger partial charge in [0.15, 0.2) is 0 Å². The van der Waals surface area contributed by atoms with E-state index in [1.807, 2.05) is 37.3 Å². The maximum absolute atomic E-state index is 12.6. The molecule has 2 aromatic carbocycles. The summed E-state index contributed by atoms with van der Waals surface area (Å²) in [5, 5.41) is 10.9. The quantitative estimate of drug-likeness (QED) is 0.888. The normalized spacial score (nSPS) is 12.2. The fourth-order valence-corrected chi connectivity index (χ4v) is 3.75. The van der Waals surface area contributed by atoms with E-state index in [9.17, 15) is 8.42 Å². The van der Waals surface area contributed by atoms with Crippen LogP contribution in [0.3, 0.4) is 0 Å². The molecule has 0 aromatic heterocycles. The molecule has 0 atom stereocenters. The van der Waals surface area contributed by atoms with Crippen LogP contribution in [0.1, 0.15) is 13.3 Å². The molecule has 0 saturated heterocycles. The van der Waals surface area contributed by atoms with Crippen LogP contribution in [0.2, 0.25) is 0 Å². The maximum Gasteiger partial charge on any atom is 0.243 e. The van der Waals surface area contributed by atoms with Crippen molar-refractivity contribution in [2.45, 2.75) is 18.2 Å². The van der Waals surface area contributed by atoms with Gasteiger partial charge in [0.1, 0.15) is 0 Å². The zero-order valence-electron chi connectivity index (χ0n) is 11.5. The Morgan fingerprint density at radius 3 is 2.40 bits per heavy atom. The Kier molecular flexibility index (Phi) is 4.75. The highest BCUT2D eigenvalue weighted by Gasteiger charge is 2.23. The minimum Gasteiger partial charge on any atom is -0.395 e. The minimum absolute atomic E-state index is 0.128. The molecule has 0 unspecified atom stereocenters. The van der Waals surface area contributed by atoms with Crippen molar-refractivity contribution in [1.82, 2.24) is 4.31 Å². The fraction of sp³-hybridized carbons (Fsp3) is 0.333. The van der Waals surface area contributed by atoms with Crippen LogP contribution in [0.4, 0.5) is 0 Å². The first-order chi connectivity index (χ1) is 9.59.